The van der Waals surface area contributed by atoms with E-state index < -0.39 is 0 Å². The summed E-state index contributed by atoms with van der Waals surface area (Å²) in [5.74, 6) is 1.62. The van der Waals surface area contributed by atoms with Gasteiger partial charge in [-0.3, -0.25) is 0 Å². The van der Waals surface area contributed by atoms with Crippen LogP contribution < -0.4 is 4.74 Å². The molecule has 0 saturated heterocycles. The van der Waals surface area contributed by atoms with Crippen molar-refractivity contribution < 1.29 is 4.74 Å². The quantitative estimate of drug-likeness (QED) is 0.659. The molecule has 3 rings (SSSR count). The Morgan fingerprint density at radius 1 is 1.17 bits per heavy atom. The highest BCUT2D eigenvalue weighted by Crippen LogP contribution is 2.47. The summed E-state index contributed by atoms with van der Waals surface area (Å²) < 4.78 is 5.56. The van der Waals surface area contributed by atoms with Crippen LogP contribution in [0.1, 0.15) is 41.6 Å². The van der Waals surface area contributed by atoms with Gasteiger partial charge in [-0.25, -0.2) is 0 Å². The van der Waals surface area contributed by atoms with Crippen molar-refractivity contribution >= 4 is 26.7 Å². The first-order valence-corrected chi connectivity index (χ1v) is 7.37. The van der Waals surface area contributed by atoms with E-state index >= 15 is 0 Å². The van der Waals surface area contributed by atoms with E-state index in [1.54, 1.807) is 7.11 Å². The molecule has 0 spiro atoms. The van der Waals surface area contributed by atoms with Gasteiger partial charge in [0.05, 0.1) is 7.11 Å². The molecule has 94 valence electrons. The fraction of sp³-hybridized carbons (Fsp3) is 0.375. The van der Waals surface area contributed by atoms with Gasteiger partial charge in [-0.1, -0.05) is 47.1 Å². The number of halogens is 1. The maximum atomic E-state index is 5.56. The van der Waals surface area contributed by atoms with E-state index in [4.69, 9.17) is 4.74 Å². The highest BCUT2D eigenvalue weighted by Gasteiger charge is 2.26. The van der Waals surface area contributed by atoms with Crippen molar-refractivity contribution in [3.05, 3.63) is 41.5 Å². The number of benzene rings is 2. The third-order valence-corrected chi connectivity index (χ3v) is 4.93. The summed E-state index contributed by atoms with van der Waals surface area (Å²) in [6.07, 6.45) is 2.45. The Balaban J connectivity index is 2.39. The lowest BCUT2D eigenvalue weighted by atomic mass is 9.80. The second-order valence-corrected chi connectivity index (χ2v) is 6.18. The van der Waals surface area contributed by atoms with E-state index in [2.05, 4.69) is 53.2 Å². The van der Waals surface area contributed by atoms with Crippen molar-refractivity contribution in [2.75, 3.05) is 7.11 Å². The lowest BCUT2D eigenvalue weighted by molar-refractivity contribution is 0.418. The van der Waals surface area contributed by atoms with Crippen LogP contribution in [-0.2, 0) is 0 Å². The zero-order chi connectivity index (χ0) is 12.7. The van der Waals surface area contributed by atoms with E-state index in [-0.39, 0.29) is 0 Å². The summed E-state index contributed by atoms with van der Waals surface area (Å²) in [5.41, 5.74) is 2.91. The minimum atomic E-state index is 0.460. The molecule has 1 aliphatic rings. The molecular weight excluding hydrogens is 288 g/mol. The number of ether oxygens (including phenoxy) is 1. The second-order valence-electron chi connectivity index (χ2n) is 5.07. The van der Waals surface area contributed by atoms with Crippen LogP contribution in [0, 0.1) is 0 Å². The summed E-state index contributed by atoms with van der Waals surface area (Å²) in [5, 5.41) is 2.58. The Morgan fingerprint density at radius 3 is 2.61 bits per heavy atom. The normalized spacial score (nSPS) is 22.8. The van der Waals surface area contributed by atoms with Crippen LogP contribution in [-0.4, -0.2) is 7.11 Å². The monoisotopic (exact) mass is 304 g/mol. The largest absolute Gasteiger partial charge is 0.496 e. The highest BCUT2D eigenvalue weighted by atomic mass is 79.9. The van der Waals surface area contributed by atoms with Gasteiger partial charge in [0.15, 0.2) is 0 Å². The molecule has 0 bridgehead atoms. The molecule has 2 aromatic carbocycles. The molecule has 0 N–H and O–H groups in total. The van der Waals surface area contributed by atoms with Gasteiger partial charge in [0.25, 0.3) is 0 Å². The number of rotatable bonds is 1. The molecule has 0 amide bonds. The van der Waals surface area contributed by atoms with E-state index in [1.807, 2.05) is 0 Å². The zero-order valence-electron chi connectivity index (χ0n) is 10.7. The SMILES string of the molecule is COc1cc2c(c3ccccc13)C(C)CCC2Br. The molecule has 0 aromatic heterocycles. The van der Waals surface area contributed by atoms with Gasteiger partial charge >= 0.3 is 0 Å². The van der Waals surface area contributed by atoms with Crippen molar-refractivity contribution in [1.82, 2.24) is 0 Å². The molecule has 0 fully saturated rings. The Hall–Kier alpha value is -1.02. The van der Waals surface area contributed by atoms with Crippen LogP contribution in [0.4, 0.5) is 0 Å². The van der Waals surface area contributed by atoms with Gasteiger partial charge in [0.2, 0.25) is 0 Å². The smallest absolute Gasteiger partial charge is 0.127 e. The minimum Gasteiger partial charge on any atom is -0.496 e. The fourth-order valence-corrected chi connectivity index (χ4v) is 3.70. The number of methoxy groups -OCH3 is 1. The first-order valence-electron chi connectivity index (χ1n) is 6.46. The Morgan fingerprint density at radius 2 is 1.89 bits per heavy atom. The maximum absolute atomic E-state index is 5.56. The third kappa shape index (κ3) is 1.74. The van der Waals surface area contributed by atoms with Gasteiger partial charge in [-0.15, -0.1) is 0 Å². The van der Waals surface area contributed by atoms with Gasteiger partial charge in [-0.05, 0) is 41.3 Å². The number of hydrogen-bond donors (Lipinski definition) is 0. The lowest BCUT2D eigenvalue weighted by Gasteiger charge is -2.28. The topological polar surface area (TPSA) is 9.23 Å². The van der Waals surface area contributed by atoms with Crippen molar-refractivity contribution in [2.24, 2.45) is 0 Å². The number of alkyl halides is 1. The third-order valence-electron chi connectivity index (χ3n) is 3.98. The van der Waals surface area contributed by atoms with Crippen LogP contribution in [0.3, 0.4) is 0 Å². The van der Waals surface area contributed by atoms with Crippen LogP contribution in [0.5, 0.6) is 5.75 Å². The van der Waals surface area contributed by atoms with Crippen molar-refractivity contribution in [1.29, 1.82) is 0 Å². The molecule has 0 heterocycles. The van der Waals surface area contributed by atoms with E-state index in [9.17, 15) is 0 Å². The van der Waals surface area contributed by atoms with Crippen LogP contribution in [0.25, 0.3) is 10.8 Å². The van der Waals surface area contributed by atoms with Gasteiger partial charge < -0.3 is 4.74 Å². The Labute approximate surface area is 116 Å². The molecule has 0 aliphatic heterocycles. The molecule has 2 atom stereocenters. The molecule has 2 heteroatoms. The Kier molecular flexibility index (Phi) is 3.06. The first kappa shape index (κ1) is 12.0. The molecule has 0 radical (unpaired) electrons. The lowest BCUT2D eigenvalue weighted by Crippen LogP contribution is -2.10. The fourth-order valence-electron chi connectivity index (χ4n) is 3.06. The van der Waals surface area contributed by atoms with Crippen molar-refractivity contribution in [3.8, 4) is 5.75 Å². The molecule has 1 aliphatic carbocycles. The van der Waals surface area contributed by atoms with E-state index in [1.165, 1.54) is 34.7 Å². The molecule has 0 saturated carbocycles. The Bertz CT molecular complexity index is 591. The first-order chi connectivity index (χ1) is 8.72. The summed E-state index contributed by atoms with van der Waals surface area (Å²) in [6.45, 7) is 2.33. The summed E-state index contributed by atoms with van der Waals surface area (Å²) in [6, 6.07) is 10.8. The number of fused-ring (bicyclic) bond motifs is 3. The minimum absolute atomic E-state index is 0.460. The standard InChI is InChI=1S/C16H17BrO/c1-10-7-8-14(17)13-9-15(18-2)11-5-3-4-6-12(11)16(10)13/h3-6,9-10,14H,7-8H2,1-2H3. The van der Waals surface area contributed by atoms with E-state index in [0.717, 1.165) is 5.75 Å². The highest BCUT2D eigenvalue weighted by molar-refractivity contribution is 9.09. The summed E-state index contributed by atoms with van der Waals surface area (Å²) >= 11 is 3.81. The van der Waals surface area contributed by atoms with Crippen molar-refractivity contribution in [3.63, 3.8) is 0 Å². The summed E-state index contributed by atoms with van der Waals surface area (Å²) in [7, 11) is 1.75. The predicted molar refractivity (Wildman–Crippen MR) is 79.8 cm³/mol. The van der Waals surface area contributed by atoms with E-state index in [0.29, 0.717) is 10.7 Å². The van der Waals surface area contributed by atoms with Crippen LogP contribution in [0.2, 0.25) is 0 Å². The summed E-state index contributed by atoms with van der Waals surface area (Å²) in [4.78, 5) is 0.460. The predicted octanol–water partition coefficient (Wildman–Crippen LogP) is 5.18. The molecular formula is C16H17BrO. The second kappa shape index (κ2) is 4.58. The molecule has 1 nitrogen and oxygen atoms in total. The van der Waals surface area contributed by atoms with Crippen molar-refractivity contribution in [2.45, 2.75) is 30.5 Å². The zero-order valence-corrected chi connectivity index (χ0v) is 12.3. The average molecular weight is 305 g/mol. The van der Waals surface area contributed by atoms with Crippen LogP contribution >= 0.6 is 15.9 Å². The van der Waals surface area contributed by atoms with Gasteiger partial charge in [0.1, 0.15) is 5.75 Å². The van der Waals surface area contributed by atoms with Crippen LogP contribution in [0.15, 0.2) is 30.3 Å². The van der Waals surface area contributed by atoms with Gasteiger partial charge in [-0.2, -0.15) is 0 Å². The molecule has 18 heavy (non-hydrogen) atoms. The average Bonchev–Trinajstić information content (AvgIpc) is 2.41. The molecule has 2 aromatic rings. The van der Waals surface area contributed by atoms with Gasteiger partial charge in [0, 0.05) is 10.2 Å². The number of hydrogen-bond acceptors (Lipinski definition) is 1. The maximum Gasteiger partial charge on any atom is 0.127 e. The molecule has 2 unspecified atom stereocenters.